The zero-order valence-electron chi connectivity index (χ0n) is 8.70. The predicted octanol–water partition coefficient (Wildman–Crippen LogP) is 1.52. The van der Waals surface area contributed by atoms with Crippen molar-refractivity contribution in [2.45, 2.75) is 44.6 Å². The largest absolute Gasteiger partial charge is 0.481 e. The van der Waals surface area contributed by atoms with Crippen molar-refractivity contribution in [1.29, 1.82) is 0 Å². The maximum atomic E-state index is 11.2. The molecular weight excluding hydrogens is 198 g/mol. The van der Waals surface area contributed by atoms with Gasteiger partial charge in [-0.3, -0.25) is 4.79 Å². The molecule has 5 nitrogen and oxygen atoms in total. The predicted molar refractivity (Wildman–Crippen MR) is 53.6 cm³/mol. The van der Waals surface area contributed by atoms with Crippen molar-refractivity contribution in [3.05, 3.63) is 0 Å². The number of hydrogen-bond donors (Lipinski definition) is 2. The third-order valence-corrected chi connectivity index (χ3v) is 2.43. The number of aliphatic carboxylic acids is 1. The van der Waals surface area contributed by atoms with Gasteiger partial charge in [0.25, 0.3) is 0 Å². The van der Waals surface area contributed by atoms with Gasteiger partial charge in [0, 0.05) is 6.54 Å². The fourth-order valence-corrected chi connectivity index (χ4v) is 1.65. The van der Waals surface area contributed by atoms with Crippen LogP contribution in [0.2, 0.25) is 0 Å². The molecule has 0 saturated heterocycles. The van der Waals surface area contributed by atoms with Gasteiger partial charge in [0.15, 0.2) is 0 Å². The molecule has 5 heteroatoms. The van der Waals surface area contributed by atoms with Gasteiger partial charge in [-0.1, -0.05) is 6.42 Å². The van der Waals surface area contributed by atoms with Crippen molar-refractivity contribution in [3.8, 4) is 0 Å². The van der Waals surface area contributed by atoms with E-state index in [0.717, 1.165) is 25.7 Å². The number of carbonyl (C=O) groups is 2. The molecule has 2 N–H and O–H groups in total. The second kappa shape index (κ2) is 6.27. The lowest BCUT2D eigenvalue weighted by Crippen LogP contribution is -2.31. The summed E-state index contributed by atoms with van der Waals surface area (Å²) < 4.78 is 5.13. The lowest BCUT2D eigenvalue weighted by Gasteiger charge is -2.21. The van der Waals surface area contributed by atoms with Crippen LogP contribution in [0.25, 0.3) is 0 Å². The Morgan fingerprint density at radius 3 is 2.53 bits per heavy atom. The van der Waals surface area contributed by atoms with Gasteiger partial charge in [-0.15, -0.1) is 0 Å². The number of ether oxygens (including phenoxy) is 1. The molecule has 0 heterocycles. The number of amides is 1. The normalized spacial score (nSPS) is 17.1. The van der Waals surface area contributed by atoms with E-state index < -0.39 is 12.1 Å². The summed E-state index contributed by atoms with van der Waals surface area (Å²) in [7, 11) is 0. The highest BCUT2D eigenvalue weighted by Crippen LogP contribution is 2.20. The molecule has 1 fully saturated rings. The number of nitrogens with one attached hydrogen (secondary N) is 1. The second-order valence-corrected chi connectivity index (χ2v) is 3.74. The van der Waals surface area contributed by atoms with E-state index in [-0.39, 0.29) is 19.1 Å². The molecule has 0 atom stereocenters. The van der Waals surface area contributed by atoms with Crippen LogP contribution in [-0.4, -0.2) is 29.8 Å². The first-order valence-electron chi connectivity index (χ1n) is 5.35. The highest BCUT2D eigenvalue weighted by atomic mass is 16.6. The van der Waals surface area contributed by atoms with E-state index in [2.05, 4.69) is 5.32 Å². The molecule has 86 valence electrons. The first-order valence-corrected chi connectivity index (χ1v) is 5.35. The molecule has 1 aliphatic rings. The van der Waals surface area contributed by atoms with Gasteiger partial charge in [-0.05, 0) is 25.7 Å². The minimum Gasteiger partial charge on any atom is -0.481 e. The lowest BCUT2D eigenvalue weighted by molar-refractivity contribution is -0.136. The lowest BCUT2D eigenvalue weighted by atomic mass is 9.98. The minimum atomic E-state index is -0.923. The minimum absolute atomic E-state index is 0.0172. The van der Waals surface area contributed by atoms with Gasteiger partial charge < -0.3 is 15.2 Å². The standard InChI is InChI=1S/C10H17NO4/c12-9(13)6-7-11-10(14)15-8-4-2-1-3-5-8/h8H,1-7H2,(H,11,14)(H,12,13). The molecule has 0 radical (unpaired) electrons. The zero-order valence-corrected chi connectivity index (χ0v) is 8.70. The van der Waals surface area contributed by atoms with Crippen molar-refractivity contribution in [2.24, 2.45) is 0 Å². The highest BCUT2D eigenvalue weighted by Gasteiger charge is 2.17. The Hall–Kier alpha value is -1.26. The molecule has 0 aromatic heterocycles. The average Bonchev–Trinajstić information content (AvgIpc) is 2.18. The molecule has 1 rings (SSSR count). The van der Waals surface area contributed by atoms with Gasteiger partial charge in [-0.2, -0.15) is 0 Å². The van der Waals surface area contributed by atoms with Gasteiger partial charge in [0.05, 0.1) is 6.42 Å². The van der Waals surface area contributed by atoms with Crippen molar-refractivity contribution in [1.82, 2.24) is 5.32 Å². The summed E-state index contributed by atoms with van der Waals surface area (Å²) in [6, 6.07) is 0. The molecular formula is C10H17NO4. The Morgan fingerprint density at radius 2 is 1.93 bits per heavy atom. The SMILES string of the molecule is O=C(O)CCNC(=O)OC1CCCCC1. The number of hydrogen-bond acceptors (Lipinski definition) is 3. The Balaban J connectivity index is 2.09. The van der Waals surface area contributed by atoms with E-state index in [4.69, 9.17) is 9.84 Å². The van der Waals surface area contributed by atoms with E-state index in [9.17, 15) is 9.59 Å². The van der Waals surface area contributed by atoms with Crippen molar-refractivity contribution >= 4 is 12.1 Å². The van der Waals surface area contributed by atoms with Crippen LogP contribution in [0.15, 0.2) is 0 Å². The van der Waals surface area contributed by atoms with Crippen LogP contribution in [0, 0.1) is 0 Å². The average molecular weight is 215 g/mol. The molecule has 0 aliphatic heterocycles. The summed E-state index contributed by atoms with van der Waals surface area (Å²) in [4.78, 5) is 21.3. The van der Waals surface area contributed by atoms with Crippen molar-refractivity contribution < 1.29 is 19.4 Å². The number of alkyl carbamates (subject to hydrolysis) is 1. The van der Waals surface area contributed by atoms with Crippen LogP contribution in [0.4, 0.5) is 4.79 Å². The summed E-state index contributed by atoms with van der Waals surface area (Å²) in [6.07, 6.45) is 4.71. The van der Waals surface area contributed by atoms with Crippen molar-refractivity contribution in [2.75, 3.05) is 6.54 Å². The summed E-state index contributed by atoms with van der Waals surface area (Å²) in [6.45, 7) is 0.126. The molecule has 0 spiro atoms. The van der Waals surface area contributed by atoms with Gasteiger partial charge in [0.1, 0.15) is 6.10 Å². The van der Waals surface area contributed by atoms with E-state index in [0.29, 0.717) is 0 Å². The van der Waals surface area contributed by atoms with Crippen LogP contribution in [0.1, 0.15) is 38.5 Å². The second-order valence-electron chi connectivity index (χ2n) is 3.74. The Morgan fingerprint density at radius 1 is 1.27 bits per heavy atom. The van der Waals surface area contributed by atoms with Crippen LogP contribution < -0.4 is 5.32 Å². The third-order valence-electron chi connectivity index (χ3n) is 2.43. The summed E-state index contributed by atoms with van der Waals surface area (Å²) >= 11 is 0. The van der Waals surface area contributed by atoms with Crippen LogP contribution in [0.3, 0.4) is 0 Å². The molecule has 0 aromatic carbocycles. The quantitative estimate of drug-likeness (QED) is 0.745. The van der Waals surface area contributed by atoms with E-state index in [1.807, 2.05) is 0 Å². The van der Waals surface area contributed by atoms with Gasteiger partial charge >= 0.3 is 12.1 Å². The number of rotatable bonds is 4. The number of carbonyl (C=O) groups excluding carboxylic acids is 1. The summed E-state index contributed by atoms with van der Waals surface area (Å²) in [5.74, 6) is -0.923. The maximum Gasteiger partial charge on any atom is 0.407 e. The third kappa shape index (κ3) is 5.24. The molecule has 0 unspecified atom stereocenters. The Kier molecular flexibility index (Phi) is 4.93. The van der Waals surface area contributed by atoms with Crippen LogP contribution in [0.5, 0.6) is 0 Å². The van der Waals surface area contributed by atoms with Crippen LogP contribution in [-0.2, 0) is 9.53 Å². The first-order chi connectivity index (χ1) is 7.18. The summed E-state index contributed by atoms with van der Waals surface area (Å²) in [5, 5.41) is 10.8. The maximum absolute atomic E-state index is 11.2. The van der Waals surface area contributed by atoms with Crippen LogP contribution >= 0.6 is 0 Å². The van der Waals surface area contributed by atoms with E-state index in [1.165, 1.54) is 6.42 Å². The molecule has 0 bridgehead atoms. The zero-order chi connectivity index (χ0) is 11.1. The number of carboxylic acid groups (broad SMARTS) is 1. The Labute approximate surface area is 88.8 Å². The molecule has 0 aromatic rings. The number of carboxylic acids is 1. The Bertz CT molecular complexity index is 223. The smallest absolute Gasteiger partial charge is 0.407 e. The van der Waals surface area contributed by atoms with E-state index in [1.54, 1.807) is 0 Å². The highest BCUT2D eigenvalue weighted by molar-refractivity contribution is 5.70. The molecule has 1 amide bonds. The molecule has 1 aliphatic carbocycles. The summed E-state index contributed by atoms with van der Waals surface area (Å²) in [5.41, 5.74) is 0. The molecule has 15 heavy (non-hydrogen) atoms. The topological polar surface area (TPSA) is 75.6 Å². The fraction of sp³-hybridized carbons (Fsp3) is 0.800. The van der Waals surface area contributed by atoms with Gasteiger partial charge in [-0.25, -0.2) is 4.79 Å². The van der Waals surface area contributed by atoms with E-state index >= 15 is 0 Å². The molecule has 1 saturated carbocycles. The first kappa shape index (κ1) is 11.8. The van der Waals surface area contributed by atoms with Crippen molar-refractivity contribution in [3.63, 3.8) is 0 Å². The monoisotopic (exact) mass is 215 g/mol. The van der Waals surface area contributed by atoms with Gasteiger partial charge in [0.2, 0.25) is 0 Å². The fourth-order valence-electron chi connectivity index (χ4n) is 1.65.